The number of benzene rings is 1. The molecule has 0 aliphatic carbocycles. The number of nitrogens with two attached hydrogens (primary N) is 1. The van der Waals surface area contributed by atoms with Crippen molar-refractivity contribution in [2.45, 2.75) is 52.7 Å². The molecule has 2 rings (SSSR count). The quantitative estimate of drug-likeness (QED) is 0.862. The first-order valence-corrected chi connectivity index (χ1v) is 8.61. The van der Waals surface area contributed by atoms with Crippen LogP contribution in [0.5, 0.6) is 0 Å². The van der Waals surface area contributed by atoms with Crippen LogP contribution in [0, 0.1) is 5.41 Å². The van der Waals surface area contributed by atoms with E-state index in [1.165, 1.54) is 5.56 Å². The Morgan fingerprint density at radius 1 is 1.16 bits per heavy atom. The van der Waals surface area contributed by atoms with Crippen LogP contribution >= 0.6 is 24.8 Å². The Bertz CT molecular complexity index is 519. The third-order valence-corrected chi connectivity index (χ3v) is 4.84. The third kappa shape index (κ3) is 6.78. The van der Waals surface area contributed by atoms with E-state index in [2.05, 4.69) is 36.1 Å². The van der Waals surface area contributed by atoms with E-state index < -0.39 is 6.04 Å². The van der Waals surface area contributed by atoms with Gasteiger partial charge in [-0.3, -0.25) is 9.69 Å². The zero-order chi connectivity index (χ0) is 17.0. The van der Waals surface area contributed by atoms with Crippen LogP contribution in [0.15, 0.2) is 30.3 Å². The van der Waals surface area contributed by atoms with Crippen LogP contribution in [-0.4, -0.2) is 47.4 Å². The molecule has 0 bridgehead atoms. The number of carbonyl (C=O) groups excluding carboxylic acids is 1. The van der Waals surface area contributed by atoms with Gasteiger partial charge in [0.05, 0.1) is 6.04 Å². The number of rotatable bonds is 3. The fourth-order valence-corrected chi connectivity index (χ4v) is 2.95. The molecule has 2 N–H and O–H groups in total. The van der Waals surface area contributed by atoms with Gasteiger partial charge in [-0.25, -0.2) is 0 Å². The highest BCUT2D eigenvalue weighted by molar-refractivity contribution is 5.85. The van der Waals surface area contributed by atoms with Gasteiger partial charge in [0, 0.05) is 32.2 Å². The standard InChI is InChI=1S/C19H31N3O.2ClH/c1-15-10-11-21(18(23)17(20)19(2,3)4)12-13-22(15)14-16-8-6-5-7-9-16;;/h5-9,15,17H,10-14,20H2,1-4H3;2*1H/t15?,17-;;/m1../s1. The Hall–Kier alpha value is -0.810. The molecule has 0 saturated carbocycles. The molecule has 25 heavy (non-hydrogen) atoms. The van der Waals surface area contributed by atoms with Crippen molar-refractivity contribution >= 4 is 30.7 Å². The average Bonchev–Trinajstić information content (AvgIpc) is 2.69. The lowest BCUT2D eigenvalue weighted by Gasteiger charge is -2.31. The van der Waals surface area contributed by atoms with Crippen molar-refractivity contribution in [2.24, 2.45) is 11.1 Å². The van der Waals surface area contributed by atoms with E-state index >= 15 is 0 Å². The molecular weight excluding hydrogens is 357 g/mol. The van der Waals surface area contributed by atoms with Crippen LogP contribution in [0.4, 0.5) is 0 Å². The van der Waals surface area contributed by atoms with Crippen molar-refractivity contribution in [2.75, 3.05) is 19.6 Å². The Morgan fingerprint density at radius 3 is 2.32 bits per heavy atom. The van der Waals surface area contributed by atoms with Crippen molar-refractivity contribution in [3.63, 3.8) is 0 Å². The van der Waals surface area contributed by atoms with Gasteiger partial charge in [-0.1, -0.05) is 51.1 Å². The molecule has 1 fully saturated rings. The van der Waals surface area contributed by atoms with Crippen molar-refractivity contribution in [1.82, 2.24) is 9.80 Å². The van der Waals surface area contributed by atoms with E-state index in [9.17, 15) is 4.79 Å². The minimum absolute atomic E-state index is 0. The summed E-state index contributed by atoms with van der Waals surface area (Å²) in [7, 11) is 0. The lowest BCUT2D eigenvalue weighted by atomic mass is 9.86. The van der Waals surface area contributed by atoms with Crippen molar-refractivity contribution in [3.05, 3.63) is 35.9 Å². The average molecular weight is 390 g/mol. The largest absolute Gasteiger partial charge is 0.340 e. The van der Waals surface area contributed by atoms with Crippen molar-refractivity contribution in [1.29, 1.82) is 0 Å². The van der Waals surface area contributed by atoms with Crippen LogP contribution in [0.25, 0.3) is 0 Å². The summed E-state index contributed by atoms with van der Waals surface area (Å²) < 4.78 is 0. The summed E-state index contributed by atoms with van der Waals surface area (Å²) >= 11 is 0. The van der Waals surface area contributed by atoms with Crippen molar-refractivity contribution in [3.8, 4) is 0 Å². The van der Waals surface area contributed by atoms with E-state index in [0.717, 1.165) is 32.6 Å². The van der Waals surface area contributed by atoms with E-state index in [1.807, 2.05) is 31.7 Å². The van der Waals surface area contributed by atoms with Gasteiger partial charge in [0.1, 0.15) is 0 Å². The number of nitrogens with zero attached hydrogens (tertiary/aromatic N) is 2. The smallest absolute Gasteiger partial charge is 0.240 e. The maximum Gasteiger partial charge on any atom is 0.240 e. The SMILES string of the molecule is CC1CCN(C(=O)[C@@H](N)C(C)(C)C)CCN1Cc1ccccc1.Cl.Cl. The van der Waals surface area contributed by atoms with Crippen LogP contribution in [0.3, 0.4) is 0 Å². The Kier molecular flexibility index (Phi) is 10.0. The summed E-state index contributed by atoms with van der Waals surface area (Å²) in [4.78, 5) is 17.1. The monoisotopic (exact) mass is 389 g/mol. The first-order valence-electron chi connectivity index (χ1n) is 8.61. The molecule has 1 saturated heterocycles. The van der Waals surface area contributed by atoms with Gasteiger partial charge in [0.25, 0.3) is 0 Å². The molecule has 1 aromatic carbocycles. The molecule has 6 heteroatoms. The van der Waals surface area contributed by atoms with Gasteiger partial charge in [-0.05, 0) is 24.3 Å². The second-order valence-electron chi connectivity index (χ2n) is 7.76. The zero-order valence-electron chi connectivity index (χ0n) is 15.8. The number of hydrogen-bond acceptors (Lipinski definition) is 3. The molecule has 1 aliphatic rings. The van der Waals surface area contributed by atoms with E-state index in [1.54, 1.807) is 0 Å². The zero-order valence-corrected chi connectivity index (χ0v) is 17.4. The summed E-state index contributed by atoms with van der Waals surface area (Å²) in [5, 5.41) is 0. The van der Waals surface area contributed by atoms with Gasteiger partial charge < -0.3 is 10.6 Å². The Balaban J connectivity index is 0.00000288. The maximum absolute atomic E-state index is 12.7. The molecular formula is C19H33Cl2N3O. The Morgan fingerprint density at radius 2 is 1.76 bits per heavy atom. The third-order valence-electron chi connectivity index (χ3n) is 4.84. The summed E-state index contributed by atoms with van der Waals surface area (Å²) in [6, 6.07) is 10.6. The van der Waals surface area contributed by atoms with Gasteiger partial charge in [0.15, 0.2) is 0 Å². The molecule has 4 nitrogen and oxygen atoms in total. The topological polar surface area (TPSA) is 49.6 Å². The normalized spacial score (nSPS) is 20.0. The maximum atomic E-state index is 12.7. The first-order chi connectivity index (χ1) is 10.8. The van der Waals surface area contributed by atoms with Crippen LogP contribution < -0.4 is 5.73 Å². The number of hydrogen-bond donors (Lipinski definition) is 1. The number of amides is 1. The minimum atomic E-state index is -0.432. The van der Waals surface area contributed by atoms with Gasteiger partial charge in [-0.15, -0.1) is 24.8 Å². The molecule has 1 amide bonds. The van der Waals surface area contributed by atoms with E-state index in [4.69, 9.17) is 5.73 Å². The molecule has 1 heterocycles. The number of carbonyl (C=O) groups is 1. The second-order valence-corrected chi connectivity index (χ2v) is 7.76. The second kappa shape index (κ2) is 10.4. The Labute approximate surface area is 164 Å². The summed E-state index contributed by atoms with van der Waals surface area (Å²) in [6.07, 6.45) is 0.995. The van der Waals surface area contributed by atoms with Crippen LogP contribution in [0.1, 0.15) is 39.7 Å². The lowest BCUT2D eigenvalue weighted by Crippen LogP contribution is -2.51. The predicted molar refractivity (Wildman–Crippen MR) is 109 cm³/mol. The first kappa shape index (κ1) is 24.2. The highest BCUT2D eigenvalue weighted by atomic mass is 35.5. The predicted octanol–water partition coefficient (Wildman–Crippen LogP) is 3.33. The lowest BCUT2D eigenvalue weighted by molar-refractivity contribution is -0.134. The van der Waals surface area contributed by atoms with Gasteiger partial charge in [0.2, 0.25) is 5.91 Å². The fourth-order valence-electron chi connectivity index (χ4n) is 2.95. The number of halogens is 2. The molecule has 0 aromatic heterocycles. The molecule has 1 aliphatic heterocycles. The van der Waals surface area contributed by atoms with E-state index in [-0.39, 0.29) is 36.1 Å². The highest BCUT2D eigenvalue weighted by Gasteiger charge is 2.32. The van der Waals surface area contributed by atoms with Crippen LogP contribution in [-0.2, 0) is 11.3 Å². The molecule has 0 spiro atoms. The summed E-state index contributed by atoms with van der Waals surface area (Å²) in [5.74, 6) is 0.0891. The highest BCUT2D eigenvalue weighted by Crippen LogP contribution is 2.21. The van der Waals surface area contributed by atoms with Crippen molar-refractivity contribution < 1.29 is 4.79 Å². The van der Waals surface area contributed by atoms with Gasteiger partial charge in [-0.2, -0.15) is 0 Å². The molecule has 144 valence electrons. The molecule has 1 aromatic rings. The van der Waals surface area contributed by atoms with E-state index in [0.29, 0.717) is 6.04 Å². The summed E-state index contributed by atoms with van der Waals surface area (Å²) in [6.45, 7) is 11.7. The molecule has 1 unspecified atom stereocenters. The van der Waals surface area contributed by atoms with Gasteiger partial charge >= 0.3 is 0 Å². The van der Waals surface area contributed by atoms with Crippen LogP contribution in [0.2, 0.25) is 0 Å². The molecule has 2 atom stereocenters. The molecule has 0 radical (unpaired) electrons. The fraction of sp³-hybridized carbons (Fsp3) is 0.632. The summed E-state index contributed by atoms with van der Waals surface area (Å²) in [5.41, 5.74) is 7.29. The minimum Gasteiger partial charge on any atom is -0.340 e.